The first-order valence-electron chi connectivity index (χ1n) is 4.11. The Morgan fingerprint density at radius 2 is 2.46 bits per heavy atom. The molecule has 0 radical (unpaired) electrons. The van der Waals surface area contributed by atoms with Crippen LogP contribution in [0, 0.1) is 6.57 Å². The summed E-state index contributed by atoms with van der Waals surface area (Å²) >= 11 is 0. The number of rotatable bonds is 1. The first-order valence-corrected chi connectivity index (χ1v) is 4.11. The van der Waals surface area contributed by atoms with Gasteiger partial charge < -0.3 is 9.83 Å². The molecule has 0 aliphatic carbocycles. The third kappa shape index (κ3) is 1.17. The Balaban J connectivity index is 2.66. The van der Waals surface area contributed by atoms with E-state index in [-0.39, 0.29) is 6.04 Å². The molecule has 0 fully saturated rings. The number of hydrogen-bond acceptors (Lipinski definition) is 1. The summed E-state index contributed by atoms with van der Waals surface area (Å²) in [5.41, 5.74) is 1.88. The van der Waals surface area contributed by atoms with Gasteiger partial charge in [0.25, 0.3) is 0 Å². The van der Waals surface area contributed by atoms with E-state index < -0.39 is 0 Å². The topological polar surface area (TPSA) is 33.0 Å². The van der Waals surface area contributed by atoms with Gasteiger partial charge in [0, 0.05) is 24.7 Å². The maximum atomic E-state index is 6.95. The summed E-state index contributed by atoms with van der Waals surface area (Å²) in [4.78, 5) is 10.7. The average Bonchev–Trinajstić information content (AvgIpc) is 2.60. The van der Waals surface area contributed by atoms with E-state index in [1.165, 1.54) is 0 Å². The van der Waals surface area contributed by atoms with Crippen LogP contribution in [-0.2, 0) is 0 Å². The van der Waals surface area contributed by atoms with Gasteiger partial charge in [-0.3, -0.25) is 0 Å². The zero-order valence-corrected chi connectivity index (χ0v) is 7.28. The van der Waals surface area contributed by atoms with E-state index in [1.54, 1.807) is 6.20 Å². The Labute approximate surface area is 76.2 Å². The highest BCUT2D eigenvalue weighted by Crippen LogP contribution is 2.24. The third-order valence-corrected chi connectivity index (χ3v) is 2.13. The number of aromatic nitrogens is 2. The van der Waals surface area contributed by atoms with Crippen molar-refractivity contribution >= 4 is 11.0 Å². The fourth-order valence-corrected chi connectivity index (χ4v) is 1.39. The number of H-pyrrole nitrogens is 1. The van der Waals surface area contributed by atoms with E-state index in [1.807, 2.05) is 25.3 Å². The van der Waals surface area contributed by atoms with Crippen molar-refractivity contribution in [3.63, 3.8) is 0 Å². The quantitative estimate of drug-likeness (QED) is 0.657. The van der Waals surface area contributed by atoms with Gasteiger partial charge in [0.15, 0.2) is 0 Å². The first-order chi connectivity index (χ1) is 6.33. The Morgan fingerprint density at radius 3 is 3.23 bits per heavy atom. The number of fused-ring (bicyclic) bond motifs is 1. The minimum atomic E-state index is -0.0991. The second-order valence-corrected chi connectivity index (χ2v) is 2.95. The van der Waals surface area contributed by atoms with Crippen molar-refractivity contribution < 1.29 is 0 Å². The van der Waals surface area contributed by atoms with Crippen LogP contribution in [0.2, 0.25) is 0 Å². The number of nitrogens with zero attached hydrogens (tertiary/aromatic N) is 2. The van der Waals surface area contributed by atoms with Gasteiger partial charge in [-0.2, -0.15) is 0 Å². The van der Waals surface area contributed by atoms with Crippen LogP contribution < -0.4 is 0 Å². The molecule has 3 nitrogen and oxygen atoms in total. The second kappa shape index (κ2) is 2.91. The molecule has 13 heavy (non-hydrogen) atoms. The van der Waals surface area contributed by atoms with Crippen molar-refractivity contribution in [2.45, 2.75) is 13.0 Å². The van der Waals surface area contributed by atoms with Gasteiger partial charge in [-0.15, -0.1) is 0 Å². The SMILES string of the molecule is [C-]#[N+]C(C)c1c[nH]c2ncccc12. The Kier molecular flexibility index (Phi) is 1.75. The Bertz CT molecular complexity index is 464. The predicted octanol–water partition coefficient (Wildman–Crippen LogP) is 2.54. The maximum absolute atomic E-state index is 6.95. The molecule has 64 valence electrons. The summed E-state index contributed by atoms with van der Waals surface area (Å²) in [6, 6.07) is 3.77. The van der Waals surface area contributed by atoms with Crippen LogP contribution in [0.1, 0.15) is 18.5 Å². The Hall–Kier alpha value is -1.82. The lowest BCUT2D eigenvalue weighted by molar-refractivity contribution is 0.972. The number of hydrogen-bond donors (Lipinski definition) is 1. The molecule has 1 N–H and O–H groups in total. The fourth-order valence-electron chi connectivity index (χ4n) is 1.39. The monoisotopic (exact) mass is 171 g/mol. The van der Waals surface area contributed by atoms with Crippen molar-refractivity contribution in [1.29, 1.82) is 0 Å². The lowest BCUT2D eigenvalue weighted by Crippen LogP contribution is -1.83. The number of aromatic amines is 1. The zero-order valence-electron chi connectivity index (χ0n) is 7.28. The molecular weight excluding hydrogens is 162 g/mol. The van der Waals surface area contributed by atoms with Crippen LogP contribution in [-0.4, -0.2) is 9.97 Å². The molecule has 0 aliphatic heterocycles. The van der Waals surface area contributed by atoms with Crippen LogP contribution in [0.5, 0.6) is 0 Å². The van der Waals surface area contributed by atoms with E-state index in [4.69, 9.17) is 6.57 Å². The largest absolute Gasteiger partial charge is 0.346 e. The summed E-state index contributed by atoms with van der Waals surface area (Å²) in [5, 5.41) is 1.05. The molecule has 1 unspecified atom stereocenters. The molecule has 0 saturated heterocycles. The lowest BCUT2D eigenvalue weighted by atomic mass is 10.1. The predicted molar refractivity (Wildman–Crippen MR) is 51.1 cm³/mol. The van der Waals surface area contributed by atoms with Gasteiger partial charge in [-0.05, 0) is 12.1 Å². The van der Waals surface area contributed by atoms with Gasteiger partial charge in [0.05, 0.1) is 5.56 Å². The maximum Gasteiger partial charge on any atom is 0.248 e. The van der Waals surface area contributed by atoms with Crippen molar-refractivity contribution in [1.82, 2.24) is 9.97 Å². The molecule has 2 heterocycles. The van der Waals surface area contributed by atoms with Crippen LogP contribution in [0.4, 0.5) is 0 Å². The van der Waals surface area contributed by atoms with E-state index in [0.717, 1.165) is 16.6 Å². The summed E-state index contributed by atoms with van der Waals surface area (Å²) in [6.45, 7) is 8.84. The molecule has 0 amide bonds. The molecule has 0 aliphatic rings. The van der Waals surface area contributed by atoms with E-state index >= 15 is 0 Å². The molecule has 0 bridgehead atoms. The summed E-state index contributed by atoms with van der Waals surface area (Å²) < 4.78 is 0. The van der Waals surface area contributed by atoms with Crippen molar-refractivity contribution in [2.24, 2.45) is 0 Å². The zero-order chi connectivity index (χ0) is 9.26. The molecule has 0 spiro atoms. The van der Waals surface area contributed by atoms with Gasteiger partial charge in [0.1, 0.15) is 5.65 Å². The molecule has 2 rings (SSSR count). The first kappa shape index (κ1) is 7.81. The molecule has 0 saturated carbocycles. The van der Waals surface area contributed by atoms with Gasteiger partial charge in [0.2, 0.25) is 6.04 Å². The van der Waals surface area contributed by atoms with E-state index in [2.05, 4.69) is 14.8 Å². The lowest BCUT2D eigenvalue weighted by Gasteiger charge is -1.94. The molecule has 2 aromatic rings. The van der Waals surface area contributed by atoms with Crippen LogP contribution in [0.25, 0.3) is 15.9 Å². The van der Waals surface area contributed by atoms with Crippen LogP contribution >= 0.6 is 0 Å². The van der Waals surface area contributed by atoms with Crippen LogP contribution in [0.3, 0.4) is 0 Å². The van der Waals surface area contributed by atoms with Crippen LogP contribution in [0.15, 0.2) is 24.5 Å². The highest BCUT2D eigenvalue weighted by molar-refractivity contribution is 5.80. The fraction of sp³-hybridized carbons (Fsp3) is 0.200. The Morgan fingerprint density at radius 1 is 1.62 bits per heavy atom. The molecule has 1 atom stereocenters. The molecular formula is C10H9N3. The van der Waals surface area contributed by atoms with E-state index in [9.17, 15) is 0 Å². The van der Waals surface area contributed by atoms with Crippen molar-refractivity contribution in [3.8, 4) is 0 Å². The van der Waals surface area contributed by atoms with Crippen molar-refractivity contribution in [2.75, 3.05) is 0 Å². The highest BCUT2D eigenvalue weighted by atomic mass is 14.8. The molecule has 2 aromatic heterocycles. The molecule has 3 heteroatoms. The number of pyridine rings is 1. The molecule has 0 aromatic carbocycles. The second-order valence-electron chi connectivity index (χ2n) is 2.95. The summed E-state index contributed by atoms with van der Waals surface area (Å²) in [6.07, 6.45) is 3.60. The smallest absolute Gasteiger partial charge is 0.248 e. The van der Waals surface area contributed by atoms with E-state index in [0.29, 0.717) is 0 Å². The summed E-state index contributed by atoms with van der Waals surface area (Å²) in [7, 11) is 0. The van der Waals surface area contributed by atoms with Gasteiger partial charge in [-0.1, -0.05) is 0 Å². The average molecular weight is 171 g/mol. The minimum absolute atomic E-state index is 0.0991. The highest BCUT2D eigenvalue weighted by Gasteiger charge is 2.13. The van der Waals surface area contributed by atoms with Crippen molar-refractivity contribution in [3.05, 3.63) is 41.5 Å². The number of nitrogens with one attached hydrogen (secondary N) is 1. The third-order valence-electron chi connectivity index (χ3n) is 2.13. The minimum Gasteiger partial charge on any atom is -0.346 e. The summed E-state index contributed by atoms with van der Waals surface area (Å²) in [5.74, 6) is 0. The van der Waals surface area contributed by atoms with Gasteiger partial charge in [-0.25, -0.2) is 11.6 Å². The normalized spacial score (nSPS) is 12.6. The standard InChI is InChI=1S/C10H9N3/c1-7(11-2)9-6-13-10-8(9)4-3-5-12-10/h3-7H,1H3,(H,12,13). The van der Waals surface area contributed by atoms with Gasteiger partial charge >= 0.3 is 0 Å².